The van der Waals surface area contributed by atoms with Gasteiger partial charge >= 0.3 is 0 Å². The number of hydrogen-bond acceptors (Lipinski definition) is 5. The molecule has 0 aromatic heterocycles. The average Bonchev–Trinajstić information content (AvgIpc) is 3.07. The molecule has 0 aliphatic carbocycles. The molecule has 1 heterocycles. The maximum Gasteiger partial charge on any atom is 0.242 e. The zero-order valence-electron chi connectivity index (χ0n) is 16.8. The van der Waals surface area contributed by atoms with Crippen LogP contribution < -0.4 is 20.3 Å². The van der Waals surface area contributed by atoms with E-state index in [0.717, 1.165) is 0 Å². The number of ether oxygens (including phenoxy) is 1. The summed E-state index contributed by atoms with van der Waals surface area (Å²) in [6.07, 6.45) is 0.0947. The van der Waals surface area contributed by atoms with Crippen molar-refractivity contribution in [3.8, 4) is 5.75 Å². The minimum atomic E-state index is -0.759. The Bertz CT molecular complexity index is 704. The van der Waals surface area contributed by atoms with Crippen molar-refractivity contribution in [1.82, 2.24) is 10.6 Å². The largest absolute Gasteiger partial charge is 0.497 e. The first-order chi connectivity index (χ1) is 13.3. The highest BCUT2D eigenvalue weighted by Gasteiger charge is 2.36. The van der Waals surface area contributed by atoms with E-state index in [1.54, 1.807) is 43.2 Å². The number of carbonyl (C=O) groups is 3. The Hall–Kier alpha value is -2.61. The fourth-order valence-corrected chi connectivity index (χ4v) is 3.02. The summed E-state index contributed by atoms with van der Waals surface area (Å²) in [5.74, 6) is -0.602. The molecule has 3 atom stereocenters. The molecule has 28 heavy (non-hydrogen) atoms. The lowest BCUT2D eigenvalue weighted by Gasteiger charge is -2.23. The first kappa shape index (κ1) is 21.7. The number of anilines is 1. The van der Waals surface area contributed by atoms with Crippen molar-refractivity contribution in [2.24, 2.45) is 11.8 Å². The van der Waals surface area contributed by atoms with E-state index in [4.69, 9.17) is 4.74 Å². The lowest BCUT2D eigenvalue weighted by Crippen LogP contribution is -2.51. The van der Waals surface area contributed by atoms with Gasteiger partial charge in [-0.05, 0) is 37.1 Å². The van der Waals surface area contributed by atoms with Gasteiger partial charge in [0, 0.05) is 18.7 Å². The molecule has 8 nitrogen and oxygen atoms in total. The number of methoxy groups -OCH3 is 1. The van der Waals surface area contributed by atoms with Gasteiger partial charge in [-0.25, -0.2) is 0 Å². The van der Waals surface area contributed by atoms with Crippen LogP contribution in [0.15, 0.2) is 24.3 Å². The molecule has 0 unspecified atom stereocenters. The Morgan fingerprint density at radius 1 is 1.21 bits per heavy atom. The van der Waals surface area contributed by atoms with E-state index in [9.17, 15) is 19.5 Å². The van der Waals surface area contributed by atoms with Gasteiger partial charge in [0.15, 0.2) is 0 Å². The van der Waals surface area contributed by atoms with Crippen molar-refractivity contribution in [3.05, 3.63) is 24.3 Å². The van der Waals surface area contributed by atoms with Crippen molar-refractivity contribution >= 4 is 23.4 Å². The molecule has 2 rings (SSSR count). The van der Waals surface area contributed by atoms with Crippen LogP contribution in [0.5, 0.6) is 5.75 Å². The molecule has 3 amide bonds. The Morgan fingerprint density at radius 3 is 2.39 bits per heavy atom. The molecule has 1 fully saturated rings. The van der Waals surface area contributed by atoms with Crippen molar-refractivity contribution in [1.29, 1.82) is 0 Å². The number of benzene rings is 1. The van der Waals surface area contributed by atoms with E-state index in [0.29, 0.717) is 11.4 Å². The molecule has 1 aliphatic rings. The second-order valence-electron chi connectivity index (χ2n) is 7.38. The third-order valence-corrected chi connectivity index (χ3v) is 4.96. The van der Waals surface area contributed by atoms with Crippen LogP contribution in [0.2, 0.25) is 0 Å². The third-order valence-electron chi connectivity index (χ3n) is 4.96. The first-order valence-corrected chi connectivity index (χ1v) is 9.42. The SMILES string of the molecule is COc1ccc(N2C[C@H](C(=O)N[C@@H](C)C(=O)N[C@H](CO)C(C)C)CC2=O)cc1. The van der Waals surface area contributed by atoms with Crippen LogP contribution in [0.25, 0.3) is 0 Å². The monoisotopic (exact) mass is 391 g/mol. The fraction of sp³-hybridized carbons (Fsp3) is 0.550. The summed E-state index contributed by atoms with van der Waals surface area (Å²) in [6.45, 7) is 5.46. The molecule has 0 spiro atoms. The molecule has 8 heteroatoms. The Labute approximate surface area is 165 Å². The molecule has 1 aromatic rings. The van der Waals surface area contributed by atoms with Crippen LogP contribution in [-0.4, -0.2) is 55.2 Å². The van der Waals surface area contributed by atoms with Gasteiger partial charge < -0.3 is 25.4 Å². The quantitative estimate of drug-likeness (QED) is 0.604. The van der Waals surface area contributed by atoms with Gasteiger partial charge in [0.2, 0.25) is 17.7 Å². The maximum absolute atomic E-state index is 12.5. The van der Waals surface area contributed by atoms with Crippen LogP contribution >= 0.6 is 0 Å². The molecule has 1 aliphatic heterocycles. The third kappa shape index (κ3) is 5.22. The number of nitrogens with zero attached hydrogens (tertiary/aromatic N) is 1. The van der Waals surface area contributed by atoms with Gasteiger partial charge in [-0.2, -0.15) is 0 Å². The maximum atomic E-state index is 12.5. The predicted molar refractivity (Wildman–Crippen MR) is 105 cm³/mol. The summed E-state index contributed by atoms with van der Waals surface area (Å²) in [5.41, 5.74) is 0.703. The summed E-state index contributed by atoms with van der Waals surface area (Å²) >= 11 is 0. The van der Waals surface area contributed by atoms with Gasteiger partial charge in [0.25, 0.3) is 0 Å². The van der Waals surface area contributed by atoms with Gasteiger partial charge in [-0.1, -0.05) is 13.8 Å². The second kappa shape index (κ2) is 9.54. The number of hydrogen-bond donors (Lipinski definition) is 3. The summed E-state index contributed by atoms with van der Waals surface area (Å²) in [5, 5.41) is 14.7. The topological polar surface area (TPSA) is 108 Å². The summed E-state index contributed by atoms with van der Waals surface area (Å²) < 4.78 is 5.11. The zero-order valence-corrected chi connectivity index (χ0v) is 16.8. The Morgan fingerprint density at radius 2 is 1.86 bits per heavy atom. The number of aliphatic hydroxyl groups excluding tert-OH is 1. The molecular weight excluding hydrogens is 362 g/mol. The number of amides is 3. The van der Waals surface area contributed by atoms with E-state index in [2.05, 4.69) is 10.6 Å². The van der Waals surface area contributed by atoms with Gasteiger partial charge in [-0.3, -0.25) is 14.4 Å². The number of carbonyl (C=O) groups excluding carboxylic acids is 3. The second-order valence-corrected chi connectivity index (χ2v) is 7.38. The highest BCUT2D eigenvalue weighted by molar-refractivity contribution is 6.01. The molecule has 154 valence electrons. The van der Waals surface area contributed by atoms with Crippen molar-refractivity contribution in [3.63, 3.8) is 0 Å². The lowest BCUT2D eigenvalue weighted by atomic mass is 10.0. The van der Waals surface area contributed by atoms with Crippen molar-refractivity contribution in [2.75, 3.05) is 25.2 Å². The van der Waals surface area contributed by atoms with Gasteiger partial charge in [0.05, 0.1) is 25.7 Å². The Balaban J connectivity index is 1.93. The number of rotatable bonds is 8. The van der Waals surface area contributed by atoms with E-state index in [1.165, 1.54) is 0 Å². The fourth-order valence-electron chi connectivity index (χ4n) is 3.02. The first-order valence-electron chi connectivity index (χ1n) is 9.42. The minimum absolute atomic E-state index is 0.0716. The Kier molecular flexibility index (Phi) is 7.39. The van der Waals surface area contributed by atoms with Crippen LogP contribution in [0.1, 0.15) is 27.2 Å². The molecular formula is C20H29N3O5. The van der Waals surface area contributed by atoms with E-state index in [-0.39, 0.29) is 49.3 Å². The normalized spacial score (nSPS) is 18.7. The summed E-state index contributed by atoms with van der Waals surface area (Å²) in [6, 6.07) is 5.93. The van der Waals surface area contributed by atoms with Crippen molar-refractivity contribution < 1.29 is 24.2 Å². The van der Waals surface area contributed by atoms with Gasteiger partial charge in [0.1, 0.15) is 11.8 Å². The smallest absolute Gasteiger partial charge is 0.242 e. The molecule has 0 radical (unpaired) electrons. The van der Waals surface area contributed by atoms with E-state index >= 15 is 0 Å². The standard InChI is InChI=1S/C20H29N3O5/c1-12(2)17(11-24)22-19(26)13(3)21-20(27)14-9-18(25)23(10-14)15-5-7-16(28-4)8-6-15/h5-8,12-14,17,24H,9-11H2,1-4H3,(H,21,27)(H,22,26)/t13-,14+,17+/m0/s1. The minimum Gasteiger partial charge on any atom is -0.497 e. The zero-order chi connectivity index (χ0) is 20.8. The summed E-state index contributed by atoms with van der Waals surface area (Å²) in [7, 11) is 1.57. The molecule has 1 saturated heterocycles. The highest BCUT2D eigenvalue weighted by Crippen LogP contribution is 2.27. The van der Waals surface area contributed by atoms with Crippen LogP contribution in [0.4, 0.5) is 5.69 Å². The average molecular weight is 391 g/mol. The van der Waals surface area contributed by atoms with Crippen LogP contribution in [0.3, 0.4) is 0 Å². The number of nitrogens with one attached hydrogen (secondary N) is 2. The number of aliphatic hydroxyl groups is 1. The molecule has 0 bridgehead atoms. The lowest BCUT2D eigenvalue weighted by molar-refractivity contribution is -0.131. The highest BCUT2D eigenvalue weighted by atomic mass is 16.5. The van der Waals surface area contributed by atoms with Crippen LogP contribution in [-0.2, 0) is 14.4 Å². The van der Waals surface area contributed by atoms with Crippen molar-refractivity contribution in [2.45, 2.75) is 39.3 Å². The van der Waals surface area contributed by atoms with E-state index in [1.807, 2.05) is 13.8 Å². The van der Waals surface area contributed by atoms with E-state index < -0.39 is 12.0 Å². The summed E-state index contributed by atoms with van der Waals surface area (Å²) in [4.78, 5) is 38.7. The van der Waals surface area contributed by atoms with Gasteiger partial charge in [-0.15, -0.1) is 0 Å². The molecule has 1 aromatic carbocycles. The predicted octanol–water partition coefficient (Wildman–Crippen LogP) is 0.686. The molecule has 0 saturated carbocycles. The van der Waals surface area contributed by atoms with Crippen LogP contribution in [0, 0.1) is 11.8 Å². The molecule has 3 N–H and O–H groups in total.